The molecule has 0 aromatic heterocycles. The average Bonchev–Trinajstić information content (AvgIpc) is 2.26. The number of ether oxygens (including phenoxy) is 1. The Bertz CT molecular complexity index is 247. The Balaban J connectivity index is 2.46. The third kappa shape index (κ3) is 3.10. The van der Waals surface area contributed by atoms with E-state index in [1.54, 1.807) is 11.8 Å². The lowest BCUT2D eigenvalue weighted by molar-refractivity contribution is -0.186. The highest BCUT2D eigenvalue weighted by Crippen LogP contribution is 2.34. The van der Waals surface area contributed by atoms with Gasteiger partial charge in [-0.3, -0.25) is 9.69 Å². The van der Waals surface area contributed by atoms with E-state index in [4.69, 9.17) is 0 Å². The minimum Gasteiger partial charge on any atom is -0.468 e. The fraction of sp³-hybridized carbons (Fsp3) is 0.900. The summed E-state index contributed by atoms with van der Waals surface area (Å²) in [5.74, 6) is -1.63. The Kier molecular flexibility index (Phi) is 4.18. The minimum absolute atomic E-state index is 0.0604. The van der Waals surface area contributed by atoms with Crippen LogP contribution in [0.5, 0.6) is 0 Å². The molecule has 1 fully saturated rings. The van der Waals surface area contributed by atoms with E-state index in [2.05, 4.69) is 4.74 Å². The number of carbonyl (C=O) groups excluding carboxylic acids is 1. The lowest BCUT2D eigenvalue weighted by Gasteiger charge is -2.35. The maximum atomic E-state index is 12.4. The predicted octanol–water partition coefficient (Wildman–Crippen LogP) is 1.82. The van der Waals surface area contributed by atoms with Gasteiger partial charge in [-0.1, -0.05) is 0 Å². The van der Waals surface area contributed by atoms with Crippen LogP contribution >= 0.6 is 0 Å². The smallest absolute Gasteiger partial charge is 0.391 e. The molecule has 1 aliphatic heterocycles. The summed E-state index contributed by atoms with van der Waals surface area (Å²) in [6.07, 6.45) is -3.99. The van der Waals surface area contributed by atoms with Crippen LogP contribution in [0.2, 0.25) is 0 Å². The second-order valence-electron chi connectivity index (χ2n) is 4.05. The molecule has 0 unspecified atom stereocenters. The zero-order chi connectivity index (χ0) is 12.3. The van der Waals surface area contributed by atoms with Gasteiger partial charge in [0.1, 0.15) is 6.04 Å². The normalized spacial score (nSPS) is 21.8. The van der Waals surface area contributed by atoms with E-state index in [0.29, 0.717) is 13.1 Å². The molecule has 0 saturated carbocycles. The summed E-state index contributed by atoms with van der Waals surface area (Å²) in [5, 5.41) is 0. The molecule has 1 heterocycles. The first-order chi connectivity index (χ1) is 7.36. The lowest BCUT2D eigenvalue weighted by atomic mass is 9.95. The van der Waals surface area contributed by atoms with Crippen molar-refractivity contribution in [3.05, 3.63) is 0 Å². The quantitative estimate of drug-likeness (QED) is 0.688. The van der Waals surface area contributed by atoms with Crippen LogP contribution in [-0.2, 0) is 9.53 Å². The molecule has 0 amide bonds. The molecule has 0 aliphatic carbocycles. The first-order valence-corrected chi connectivity index (χ1v) is 5.25. The standard InChI is InChI=1S/C10H16F3NO2/c1-7(9(15)16-2)14-5-3-8(4-6-14)10(11,12)13/h7-8H,3-6H2,1-2H3/t7-/m1/s1. The van der Waals surface area contributed by atoms with Crippen molar-refractivity contribution in [1.82, 2.24) is 4.90 Å². The van der Waals surface area contributed by atoms with E-state index in [0.717, 1.165) is 0 Å². The highest BCUT2D eigenvalue weighted by molar-refractivity contribution is 5.75. The van der Waals surface area contributed by atoms with Gasteiger partial charge in [0.05, 0.1) is 13.0 Å². The predicted molar refractivity (Wildman–Crippen MR) is 51.8 cm³/mol. The van der Waals surface area contributed by atoms with Gasteiger partial charge in [0.15, 0.2) is 0 Å². The topological polar surface area (TPSA) is 29.5 Å². The van der Waals surface area contributed by atoms with Gasteiger partial charge in [-0.25, -0.2) is 0 Å². The highest BCUT2D eigenvalue weighted by Gasteiger charge is 2.42. The summed E-state index contributed by atoms with van der Waals surface area (Å²) in [4.78, 5) is 12.9. The van der Waals surface area contributed by atoms with Crippen molar-refractivity contribution in [3.63, 3.8) is 0 Å². The first-order valence-electron chi connectivity index (χ1n) is 5.25. The molecule has 0 aromatic carbocycles. The van der Waals surface area contributed by atoms with Crippen LogP contribution in [0.3, 0.4) is 0 Å². The van der Waals surface area contributed by atoms with E-state index in [1.807, 2.05) is 0 Å². The van der Waals surface area contributed by atoms with Gasteiger partial charge >= 0.3 is 12.1 Å². The summed E-state index contributed by atoms with van der Waals surface area (Å²) in [7, 11) is 1.28. The molecule has 0 aromatic rings. The van der Waals surface area contributed by atoms with Crippen LogP contribution in [0.4, 0.5) is 13.2 Å². The zero-order valence-electron chi connectivity index (χ0n) is 9.38. The number of hydrogen-bond acceptors (Lipinski definition) is 3. The maximum absolute atomic E-state index is 12.4. The number of piperidine rings is 1. The van der Waals surface area contributed by atoms with Crippen LogP contribution in [-0.4, -0.2) is 43.3 Å². The molecule has 1 aliphatic rings. The lowest BCUT2D eigenvalue weighted by Crippen LogP contribution is -2.46. The zero-order valence-corrected chi connectivity index (χ0v) is 9.38. The van der Waals surface area contributed by atoms with Crippen LogP contribution in [0.25, 0.3) is 0 Å². The van der Waals surface area contributed by atoms with Crippen molar-refractivity contribution >= 4 is 5.97 Å². The summed E-state index contributed by atoms with van der Waals surface area (Å²) in [5.41, 5.74) is 0. The van der Waals surface area contributed by atoms with Gasteiger partial charge < -0.3 is 4.74 Å². The Hall–Kier alpha value is -0.780. The van der Waals surface area contributed by atoms with E-state index in [9.17, 15) is 18.0 Å². The van der Waals surface area contributed by atoms with Crippen LogP contribution in [0.1, 0.15) is 19.8 Å². The second kappa shape index (κ2) is 5.03. The van der Waals surface area contributed by atoms with Gasteiger partial charge in [-0.05, 0) is 32.9 Å². The number of esters is 1. The van der Waals surface area contributed by atoms with Crippen molar-refractivity contribution in [2.45, 2.75) is 32.0 Å². The number of alkyl halides is 3. The van der Waals surface area contributed by atoms with Crippen LogP contribution < -0.4 is 0 Å². The summed E-state index contributed by atoms with van der Waals surface area (Å²) >= 11 is 0. The van der Waals surface area contributed by atoms with E-state index >= 15 is 0 Å². The summed E-state index contributed by atoms with van der Waals surface area (Å²) < 4.78 is 41.7. The largest absolute Gasteiger partial charge is 0.468 e. The molecule has 3 nitrogen and oxygen atoms in total. The van der Waals surface area contributed by atoms with E-state index in [1.165, 1.54) is 7.11 Å². The van der Waals surface area contributed by atoms with Gasteiger partial charge in [0.25, 0.3) is 0 Å². The fourth-order valence-corrected chi connectivity index (χ4v) is 1.93. The first kappa shape index (κ1) is 13.3. The molecule has 6 heteroatoms. The van der Waals surface area contributed by atoms with Crippen molar-refractivity contribution < 1.29 is 22.7 Å². The number of likely N-dealkylation sites (tertiary alicyclic amines) is 1. The van der Waals surface area contributed by atoms with Crippen molar-refractivity contribution in [3.8, 4) is 0 Å². The second-order valence-corrected chi connectivity index (χ2v) is 4.05. The SMILES string of the molecule is COC(=O)[C@@H](C)N1CCC(C(F)(F)F)CC1. The highest BCUT2D eigenvalue weighted by atomic mass is 19.4. The number of hydrogen-bond donors (Lipinski definition) is 0. The van der Waals surface area contributed by atoms with Gasteiger partial charge in [-0.2, -0.15) is 13.2 Å². The molecule has 0 N–H and O–H groups in total. The monoisotopic (exact) mass is 239 g/mol. The molecule has 16 heavy (non-hydrogen) atoms. The molecule has 1 rings (SSSR count). The van der Waals surface area contributed by atoms with Gasteiger partial charge in [-0.15, -0.1) is 0 Å². The van der Waals surface area contributed by atoms with Gasteiger partial charge in [0, 0.05) is 0 Å². The Morgan fingerprint density at radius 3 is 2.25 bits per heavy atom. The Labute approximate surface area is 92.5 Å². The summed E-state index contributed by atoms with van der Waals surface area (Å²) in [6, 6.07) is -0.459. The van der Waals surface area contributed by atoms with Crippen molar-refractivity contribution in [2.75, 3.05) is 20.2 Å². The molecule has 1 saturated heterocycles. The van der Waals surface area contributed by atoms with Crippen molar-refractivity contribution in [2.24, 2.45) is 5.92 Å². The van der Waals surface area contributed by atoms with Crippen LogP contribution in [0, 0.1) is 5.92 Å². The number of halogens is 3. The molecule has 94 valence electrons. The number of methoxy groups -OCH3 is 1. The summed E-state index contributed by atoms with van der Waals surface area (Å²) in [6.45, 7) is 2.24. The molecule has 0 spiro atoms. The number of nitrogens with zero attached hydrogens (tertiary/aromatic N) is 1. The van der Waals surface area contributed by atoms with E-state index in [-0.39, 0.29) is 12.8 Å². The Morgan fingerprint density at radius 1 is 1.38 bits per heavy atom. The number of carbonyl (C=O) groups is 1. The van der Waals surface area contributed by atoms with Gasteiger partial charge in [0.2, 0.25) is 0 Å². The molecule has 1 atom stereocenters. The fourth-order valence-electron chi connectivity index (χ4n) is 1.93. The molecular weight excluding hydrogens is 223 g/mol. The average molecular weight is 239 g/mol. The number of rotatable bonds is 2. The van der Waals surface area contributed by atoms with Crippen LogP contribution in [0.15, 0.2) is 0 Å². The van der Waals surface area contributed by atoms with Crippen molar-refractivity contribution in [1.29, 1.82) is 0 Å². The third-order valence-corrected chi connectivity index (χ3v) is 3.08. The minimum atomic E-state index is -4.11. The Morgan fingerprint density at radius 2 is 1.88 bits per heavy atom. The molecule has 0 radical (unpaired) electrons. The molecular formula is C10H16F3NO2. The molecule has 0 bridgehead atoms. The maximum Gasteiger partial charge on any atom is 0.391 e. The third-order valence-electron chi connectivity index (χ3n) is 3.08. The van der Waals surface area contributed by atoms with E-state index < -0.39 is 24.1 Å².